The first-order valence-corrected chi connectivity index (χ1v) is 6.26. The molecule has 1 aromatic carbocycles. The highest BCUT2D eigenvalue weighted by atomic mass is 32.2. The lowest BCUT2D eigenvalue weighted by Gasteiger charge is -2.02. The van der Waals surface area contributed by atoms with E-state index in [1.807, 2.05) is 0 Å². The summed E-state index contributed by atoms with van der Waals surface area (Å²) in [6.45, 7) is 0. The molecule has 3 N–H and O–H groups in total. The van der Waals surface area contributed by atoms with E-state index in [0.29, 0.717) is 10.9 Å². The third kappa shape index (κ3) is 3.32. The Balaban J connectivity index is 2.14. The number of H-pyrrole nitrogens is 1. The van der Waals surface area contributed by atoms with Gasteiger partial charge in [0.1, 0.15) is 5.69 Å². The zero-order valence-electron chi connectivity index (χ0n) is 9.70. The Morgan fingerprint density at radius 2 is 2.21 bits per heavy atom. The second kappa shape index (κ2) is 5.53. The van der Waals surface area contributed by atoms with E-state index in [4.69, 9.17) is 5.73 Å². The lowest BCUT2D eigenvalue weighted by molar-refractivity contribution is -0.383. The van der Waals surface area contributed by atoms with Crippen molar-refractivity contribution in [3.05, 3.63) is 56.5 Å². The maximum atomic E-state index is 11.1. The number of aromatic amines is 1. The van der Waals surface area contributed by atoms with Crippen molar-refractivity contribution in [3.8, 4) is 0 Å². The summed E-state index contributed by atoms with van der Waals surface area (Å²) in [5.74, 6) is 0.452. The third-order valence-corrected chi connectivity index (χ3v) is 3.27. The summed E-state index contributed by atoms with van der Waals surface area (Å²) in [5, 5.41) is 11.2. The first-order chi connectivity index (χ1) is 9.06. The highest BCUT2D eigenvalue weighted by Crippen LogP contribution is 2.25. The number of thioether (sulfide) groups is 1. The highest BCUT2D eigenvalue weighted by molar-refractivity contribution is 7.98. The Morgan fingerprint density at radius 1 is 1.42 bits per heavy atom. The van der Waals surface area contributed by atoms with Gasteiger partial charge in [-0.1, -0.05) is 17.8 Å². The minimum Gasteiger partial charge on any atom is -0.393 e. The first-order valence-electron chi connectivity index (χ1n) is 5.27. The predicted molar refractivity (Wildman–Crippen MR) is 71.9 cm³/mol. The van der Waals surface area contributed by atoms with Gasteiger partial charge in [-0.05, 0) is 11.6 Å². The van der Waals surface area contributed by atoms with Crippen molar-refractivity contribution < 1.29 is 4.92 Å². The van der Waals surface area contributed by atoms with E-state index in [0.717, 1.165) is 5.56 Å². The molecule has 0 atom stereocenters. The molecule has 0 radical (unpaired) electrons. The molecule has 1 aromatic heterocycles. The van der Waals surface area contributed by atoms with E-state index in [9.17, 15) is 14.9 Å². The van der Waals surface area contributed by atoms with E-state index in [1.54, 1.807) is 6.07 Å². The standard InChI is InChI=1S/C11H10N4O3S/c12-8-2-1-7(5-9(8)15(17)18)6-19-11-13-4-3-10(16)14-11/h1-5H,6,12H2,(H,13,14,16). The Bertz CT molecular complexity index is 671. The van der Waals surface area contributed by atoms with Crippen LogP contribution in [0.25, 0.3) is 0 Å². The quantitative estimate of drug-likeness (QED) is 0.288. The molecule has 98 valence electrons. The van der Waals surface area contributed by atoms with Gasteiger partial charge in [-0.25, -0.2) is 4.98 Å². The maximum absolute atomic E-state index is 11.1. The van der Waals surface area contributed by atoms with Crippen molar-refractivity contribution in [2.24, 2.45) is 0 Å². The zero-order chi connectivity index (χ0) is 13.8. The highest BCUT2D eigenvalue weighted by Gasteiger charge is 2.12. The van der Waals surface area contributed by atoms with Crippen molar-refractivity contribution >= 4 is 23.1 Å². The molecule has 0 aliphatic rings. The number of nitrogens with two attached hydrogens (primary N) is 1. The molecule has 0 aliphatic carbocycles. The number of hydrogen-bond donors (Lipinski definition) is 2. The SMILES string of the molecule is Nc1ccc(CSc2nccc(=O)[nH]2)cc1[N+](=O)[O-]. The van der Waals surface area contributed by atoms with Crippen molar-refractivity contribution in [1.82, 2.24) is 9.97 Å². The number of nitrogens with zero attached hydrogens (tertiary/aromatic N) is 2. The molecule has 0 amide bonds. The van der Waals surface area contributed by atoms with Gasteiger partial charge in [0.05, 0.1) is 4.92 Å². The van der Waals surface area contributed by atoms with Crippen LogP contribution in [0.3, 0.4) is 0 Å². The van der Waals surface area contributed by atoms with E-state index < -0.39 is 4.92 Å². The molecule has 0 saturated heterocycles. The van der Waals surface area contributed by atoms with Gasteiger partial charge in [-0.2, -0.15) is 0 Å². The second-order valence-corrected chi connectivity index (χ2v) is 4.64. The van der Waals surface area contributed by atoms with Gasteiger partial charge in [-0.15, -0.1) is 0 Å². The summed E-state index contributed by atoms with van der Waals surface area (Å²) in [6.07, 6.45) is 1.41. The summed E-state index contributed by atoms with van der Waals surface area (Å²) in [5.41, 5.74) is 6.02. The van der Waals surface area contributed by atoms with Crippen molar-refractivity contribution in [2.75, 3.05) is 5.73 Å². The van der Waals surface area contributed by atoms with Crippen LogP contribution in [0.15, 0.2) is 40.4 Å². The molecule has 0 fully saturated rings. The van der Waals surface area contributed by atoms with Crippen LogP contribution in [0.1, 0.15) is 5.56 Å². The van der Waals surface area contributed by atoms with Gasteiger partial charge >= 0.3 is 0 Å². The summed E-state index contributed by atoms with van der Waals surface area (Å²) in [7, 11) is 0. The molecule has 0 spiro atoms. The number of nitro benzene ring substituents is 1. The van der Waals surface area contributed by atoms with Gasteiger partial charge in [0.25, 0.3) is 11.2 Å². The van der Waals surface area contributed by atoms with Crippen LogP contribution in [-0.4, -0.2) is 14.9 Å². The molecule has 7 nitrogen and oxygen atoms in total. The molecule has 0 bridgehead atoms. The molecule has 19 heavy (non-hydrogen) atoms. The van der Waals surface area contributed by atoms with E-state index in [1.165, 1.54) is 36.2 Å². The lowest BCUT2D eigenvalue weighted by atomic mass is 10.2. The minimum atomic E-state index is -0.522. The van der Waals surface area contributed by atoms with Crippen molar-refractivity contribution in [1.29, 1.82) is 0 Å². The van der Waals surface area contributed by atoms with Crippen molar-refractivity contribution in [2.45, 2.75) is 10.9 Å². The summed E-state index contributed by atoms with van der Waals surface area (Å²) >= 11 is 1.28. The smallest absolute Gasteiger partial charge is 0.292 e. The number of aromatic nitrogens is 2. The largest absolute Gasteiger partial charge is 0.393 e. The van der Waals surface area contributed by atoms with Crippen LogP contribution in [0.2, 0.25) is 0 Å². The summed E-state index contributed by atoms with van der Waals surface area (Å²) < 4.78 is 0. The normalized spacial score (nSPS) is 10.3. The van der Waals surface area contributed by atoms with Crippen LogP contribution < -0.4 is 11.3 Å². The molecule has 0 saturated carbocycles. The van der Waals surface area contributed by atoms with Crippen LogP contribution in [0, 0.1) is 10.1 Å². The predicted octanol–water partition coefficient (Wildman–Crippen LogP) is 1.55. The fraction of sp³-hybridized carbons (Fsp3) is 0.0909. The number of benzene rings is 1. The number of rotatable bonds is 4. The molecule has 1 heterocycles. The Labute approximate surface area is 112 Å². The second-order valence-electron chi connectivity index (χ2n) is 3.68. The Hall–Kier alpha value is -2.35. The summed E-state index contributed by atoms with van der Waals surface area (Å²) in [4.78, 5) is 27.8. The lowest BCUT2D eigenvalue weighted by Crippen LogP contribution is -2.05. The molecule has 8 heteroatoms. The van der Waals surface area contributed by atoms with Crippen molar-refractivity contribution in [3.63, 3.8) is 0 Å². The molecule has 2 rings (SSSR count). The van der Waals surface area contributed by atoms with Crippen LogP contribution in [-0.2, 0) is 5.75 Å². The van der Waals surface area contributed by atoms with Gasteiger partial charge in [0.15, 0.2) is 5.16 Å². The number of hydrogen-bond acceptors (Lipinski definition) is 6. The number of nitrogens with one attached hydrogen (secondary N) is 1. The topological polar surface area (TPSA) is 115 Å². The number of nitro groups is 1. The Morgan fingerprint density at radius 3 is 2.89 bits per heavy atom. The fourth-order valence-corrected chi connectivity index (χ4v) is 2.21. The van der Waals surface area contributed by atoms with E-state index in [2.05, 4.69) is 9.97 Å². The maximum Gasteiger partial charge on any atom is 0.292 e. The average molecular weight is 278 g/mol. The third-order valence-electron chi connectivity index (χ3n) is 2.31. The zero-order valence-corrected chi connectivity index (χ0v) is 10.5. The average Bonchev–Trinajstić information content (AvgIpc) is 2.37. The van der Waals surface area contributed by atoms with Gasteiger partial charge in [0, 0.05) is 24.1 Å². The minimum absolute atomic E-state index is 0.118. The number of anilines is 1. The van der Waals surface area contributed by atoms with Gasteiger partial charge in [-0.3, -0.25) is 14.9 Å². The first kappa shape index (κ1) is 13.1. The molecule has 2 aromatic rings. The molecular formula is C11H10N4O3S. The monoisotopic (exact) mass is 278 g/mol. The van der Waals surface area contributed by atoms with Gasteiger partial charge < -0.3 is 10.7 Å². The Kier molecular flexibility index (Phi) is 3.81. The molecular weight excluding hydrogens is 268 g/mol. The fourth-order valence-electron chi connectivity index (χ4n) is 1.41. The van der Waals surface area contributed by atoms with E-state index in [-0.39, 0.29) is 16.9 Å². The molecule has 0 unspecified atom stereocenters. The van der Waals surface area contributed by atoms with E-state index >= 15 is 0 Å². The molecule has 0 aliphatic heterocycles. The van der Waals surface area contributed by atoms with Gasteiger partial charge in [0.2, 0.25) is 0 Å². The van der Waals surface area contributed by atoms with Crippen LogP contribution in [0.5, 0.6) is 0 Å². The number of nitrogen functional groups attached to an aromatic ring is 1. The van der Waals surface area contributed by atoms with Crippen LogP contribution in [0.4, 0.5) is 11.4 Å². The van der Waals surface area contributed by atoms with Crippen LogP contribution >= 0.6 is 11.8 Å². The summed E-state index contributed by atoms with van der Waals surface area (Å²) in [6, 6.07) is 5.94.